The third-order valence-electron chi connectivity index (χ3n) is 4.29. The molecule has 1 heterocycles. The molecule has 2 aliphatic rings. The van der Waals surface area contributed by atoms with Gasteiger partial charge in [-0.15, -0.1) is 11.8 Å². The summed E-state index contributed by atoms with van der Waals surface area (Å²) in [5.74, 6) is 0.898. The van der Waals surface area contributed by atoms with Gasteiger partial charge in [0.15, 0.2) is 0 Å². The van der Waals surface area contributed by atoms with E-state index in [1.54, 1.807) is 10.5 Å². The Kier molecular flexibility index (Phi) is 4.27. The molecule has 1 aliphatic heterocycles. The van der Waals surface area contributed by atoms with Gasteiger partial charge in [-0.3, -0.25) is 0 Å². The summed E-state index contributed by atoms with van der Waals surface area (Å²) in [6.07, 6.45) is 8.27. The molecule has 0 radical (unpaired) electrons. The van der Waals surface area contributed by atoms with E-state index in [2.05, 4.69) is 41.3 Å². The number of nitrogens with one attached hydrogen (secondary N) is 1. The van der Waals surface area contributed by atoms with Crippen LogP contribution < -0.4 is 5.32 Å². The van der Waals surface area contributed by atoms with Crippen molar-refractivity contribution in [2.24, 2.45) is 5.92 Å². The van der Waals surface area contributed by atoms with E-state index in [4.69, 9.17) is 0 Å². The summed E-state index contributed by atoms with van der Waals surface area (Å²) in [6.45, 7) is 2.42. The van der Waals surface area contributed by atoms with Crippen molar-refractivity contribution in [2.45, 2.75) is 48.7 Å². The average molecular weight is 261 g/mol. The van der Waals surface area contributed by atoms with Crippen LogP contribution in [-0.4, -0.2) is 18.3 Å². The SMILES string of the molecule is c1ccc(SC2CCC2)c(CC2CCNCC2)c1. The third-order valence-corrected chi connectivity index (χ3v) is 5.74. The van der Waals surface area contributed by atoms with Crippen molar-refractivity contribution in [3.05, 3.63) is 29.8 Å². The fourth-order valence-electron chi connectivity index (χ4n) is 2.85. The number of thioether (sulfide) groups is 1. The van der Waals surface area contributed by atoms with Gasteiger partial charge in [-0.2, -0.15) is 0 Å². The number of piperidine rings is 1. The lowest BCUT2D eigenvalue weighted by molar-refractivity contribution is 0.371. The smallest absolute Gasteiger partial charge is 0.0107 e. The van der Waals surface area contributed by atoms with Crippen LogP contribution in [0.15, 0.2) is 29.2 Å². The van der Waals surface area contributed by atoms with E-state index in [0.29, 0.717) is 0 Å². The molecule has 0 bridgehead atoms. The van der Waals surface area contributed by atoms with Crippen LogP contribution in [0.5, 0.6) is 0 Å². The van der Waals surface area contributed by atoms with Crippen LogP contribution in [0, 0.1) is 5.92 Å². The van der Waals surface area contributed by atoms with E-state index in [0.717, 1.165) is 11.2 Å². The largest absolute Gasteiger partial charge is 0.317 e. The van der Waals surface area contributed by atoms with Gasteiger partial charge in [-0.1, -0.05) is 24.6 Å². The van der Waals surface area contributed by atoms with Crippen LogP contribution >= 0.6 is 11.8 Å². The molecule has 1 aliphatic carbocycles. The monoisotopic (exact) mass is 261 g/mol. The zero-order valence-corrected chi connectivity index (χ0v) is 11.8. The summed E-state index contributed by atoms with van der Waals surface area (Å²) < 4.78 is 0. The predicted octanol–water partition coefficient (Wildman–Crippen LogP) is 3.87. The maximum atomic E-state index is 3.46. The van der Waals surface area contributed by atoms with Crippen molar-refractivity contribution in [2.75, 3.05) is 13.1 Å². The fraction of sp³-hybridized carbons (Fsp3) is 0.625. The van der Waals surface area contributed by atoms with Gasteiger partial charge in [0.25, 0.3) is 0 Å². The lowest BCUT2D eigenvalue weighted by Gasteiger charge is -2.27. The summed E-state index contributed by atoms with van der Waals surface area (Å²) in [5, 5.41) is 4.36. The molecule has 1 aromatic rings. The highest BCUT2D eigenvalue weighted by Crippen LogP contribution is 2.38. The number of hydrogen-bond donors (Lipinski definition) is 1. The Hall–Kier alpha value is -0.470. The molecule has 0 unspecified atom stereocenters. The summed E-state index contributed by atoms with van der Waals surface area (Å²) in [4.78, 5) is 1.56. The van der Waals surface area contributed by atoms with Gasteiger partial charge in [0.05, 0.1) is 0 Å². The summed E-state index contributed by atoms with van der Waals surface area (Å²) >= 11 is 2.13. The molecule has 0 amide bonds. The summed E-state index contributed by atoms with van der Waals surface area (Å²) in [5.41, 5.74) is 1.60. The van der Waals surface area contributed by atoms with E-state index in [9.17, 15) is 0 Å². The molecular formula is C16H23NS. The van der Waals surface area contributed by atoms with Crippen molar-refractivity contribution in [3.63, 3.8) is 0 Å². The second-order valence-corrected chi connectivity index (χ2v) is 7.02. The molecule has 1 aromatic carbocycles. The molecule has 3 rings (SSSR count). The Labute approximate surface area is 115 Å². The Morgan fingerprint density at radius 2 is 1.83 bits per heavy atom. The van der Waals surface area contributed by atoms with Crippen molar-refractivity contribution in [3.8, 4) is 0 Å². The topological polar surface area (TPSA) is 12.0 Å². The van der Waals surface area contributed by atoms with Gasteiger partial charge in [-0.25, -0.2) is 0 Å². The first-order valence-corrected chi connectivity index (χ1v) is 8.25. The van der Waals surface area contributed by atoms with Crippen LogP contribution in [0.3, 0.4) is 0 Å². The minimum absolute atomic E-state index is 0.898. The molecule has 1 saturated heterocycles. The quantitative estimate of drug-likeness (QED) is 0.883. The van der Waals surface area contributed by atoms with Gasteiger partial charge in [-0.05, 0) is 62.7 Å². The van der Waals surface area contributed by atoms with E-state index in [-0.39, 0.29) is 0 Å². The normalized spacial score (nSPS) is 21.8. The molecule has 98 valence electrons. The lowest BCUT2D eigenvalue weighted by atomic mass is 9.91. The number of benzene rings is 1. The molecule has 2 heteroatoms. The van der Waals surface area contributed by atoms with E-state index >= 15 is 0 Å². The van der Waals surface area contributed by atoms with E-state index < -0.39 is 0 Å². The first-order chi connectivity index (χ1) is 8.92. The first kappa shape index (κ1) is 12.6. The molecule has 1 saturated carbocycles. The third kappa shape index (κ3) is 3.10. The van der Waals surface area contributed by atoms with Crippen molar-refractivity contribution < 1.29 is 0 Å². The highest BCUT2D eigenvalue weighted by Gasteiger charge is 2.21. The zero-order valence-electron chi connectivity index (χ0n) is 11.0. The standard InChI is InChI=1S/C16H23NS/c1-2-7-16(18-15-5-3-6-15)14(4-1)12-13-8-10-17-11-9-13/h1-2,4,7,13,15,17H,3,5-6,8-12H2. The lowest BCUT2D eigenvalue weighted by Crippen LogP contribution is -2.28. The van der Waals surface area contributed by atoms with Gasteiger partial charge in [0, 0.05) is 10.1 Å². The second kappa shape index (κ2) is 6.12. The molecule has 1 N–H and O–H groups in total. The molecule has 18 heavy (non-hydrogen) atoms. The minimum atomic E-state index is 0.898. The molecule has 0 aromatic heterocycles. The second-order valence-electron chi connectivity index (χ2n) is 5.68. The Morgan fingerprint density at radius 1 is 1.06 bits per heavy atom. The number of rotatable bonds is 4. The zero-order chi connectivity index (χ0) is 12.2. The van der Waals surface area contributed by atoms with Crippen LogP contribution in [0.4, 0.5) is 0 Å². The summed E-state index contributed by atoms with van der Waals surface area (Å²) in [7, 11) is 0. The highest BCUT2D eigenvalue weighted by molar-refractivity contribution is 8.00. The van der Waals surface area contributed by atoms with Crippen molar-refractivity contribution >= 4 is 11.8 Å². The van der Waals surface area contributed by atoms with Gasteiger partial charge in [0.1, 0.15) is 0 Å². The van der Waals surface area contributed by atoms with Crippen LogP contribution in [0.2, 0.25) is 0 Å². The van der Waals surface area contributed by atoms with Crippen LogP contribution in [0.25, 0.3) is 0 Å². The van der Waals surface area contributed by atoms with E-state index in [1.165, 1.54) is 51.6 Å². The average Bonchev–Trinajstić information content (AvgIpc) is 2.37. The molecular weight excluding hydrogens is 238 g/mol. The predicted molar refractivity (Wildman–Crippen MR) is 79.2 cm³/mol. The van der Waals surface area contributed by atoms with Crippen molar-refractivity contribution in [1.29, 1.82) is 0 Å². The van der Waals surface area contributed by atoms with Crippen LogP contribution in [-0.2, 0) is 6.42 Å². The maximum Gasteiger partial charge on any atom is 0.0107 e. The van der Waals surface area contributed by atoms with Crippen LogP contribution in [0.1, 0.15) is 37.7 Å². The Balaban J connectivity index is 1.65. The first-order valence-electron chi connectivity index (χ1n) is 7.37. The Morgan fingerprint density at radius 3 is 2.56 bits per heavy atom. The van der Waals surface area contributed by atoms with E-state index in [1.807, 2.05) is 0 Å². The van der Waals surface area contributed by atoms with Gasteiger partial charge in [0.2, 0.25) is 0 Å². The highest BCUT2D eigenvalue weighted by atomic mass is 32.2. The molecule has 1 nitrogen and oxygen atoms in total. The molecule has 0 spiro atoms. The molecule has 2 fully saturated rings. The van der Waals surface area contributed by atoms with Gasteiger partial charge < -0.3 is 5.32 Å². The Bertz CT molecular complexity index is 380. The van der Waals surface area contributed by atoms with Crippen molar-refractivity contribution in [1.82, 2.24) is 5.32 Å². The number of hydrogen-bond acceptors (Lipinski definition) is 2. The fourth-order valence-corrected chi connectivity index (χ4v) is 4.24. The maximum absolute atomic E-state index is 3.46. The molecule has 0 atom stereocenters. The van der Waals surface area contributed by atoms with Gasteiger partial charge >= 0.3 is 0 Å². The minimum Gasteiger partial charge on any atom is -0.317 e. The summed E-state index contributed by atoms with van der Waals surface area (Å²) in [6, 6.07) is 9.09.